The molecule has 1 aromatic heterocycles. The van der Waals surface area contributed by atoms with E-state index >= 15 is 0 Å². The molecule has 0 N–H and O–H groups in total. The topological polar surface area (TPSA) is 69.5 Å². The fourth-order valence-corrected chi connectivity index (χ4v) is 3.38. The molecule has 1 aromatic carbocycles. The summed E-state index contributed by atoms with van der Waals surface area (Å²) in [5, 5.41) is 7.99. The number of ether oxygens (including phenoxy) is 2. The highest BCUT2D eigenvalue weighted by molar-refractivity contribution is 6.30. The predicted octanol–water partition coefficient (Wildman–Crippen LogP) is 1.82. The molecule has 7 nitrogen and oxygen atoms in total. The Morgan fingerprint density at radius 2 is 2.36 bits per heavy atom. The molecule has 1 saturated heterocycles. The number of amides is 1. The van der Waals surface area contributed by atoms with E-state index in [0.29, 0.717) is 25.4 Å². The lowest BCUT2D eigenvalue weighted by Crippen LogP contribution is -2.50. The monoisotopic (exact) mass is 366 g/mol. The lowest BCUT2D eigenvalue weighted by molar-refractivity contribution is -0.140. The van der Waals surface area contributed by atoms with Crippen molar-refractivity contribution in [2.75, 3.05) is 19.7 Å². The largest absolute Gasteiger partial charge is 0.484 e. The summed E-state index contributed by atoms with van der Waals surface area (Å²) in [5.74, 6) is -0.316. The standard InChI is InChI=1S/C16H16ClFN4O3/c17-12-5-11(1-2-13(12)18)24-9-16(23)21-4-3-15-14(7-21)22-10(8-25-15)6-19-20-22/h1-2,5-6,14-15H,3-4,7-9H2/t14-,15-/m1/s1. The molecule has 0 radical (unpaired) electrons. The predicted molar refractivity (Wildman–Crippen MR) is 85.7 cm³/mol. The van der Waals surface area contributed by atoms with Gasteiger partial charge in [-0.15, -0.1) is 5.10 Å². The Bertz CT molecular complexity index is 799. The van der Waals surface area contributed by atoms with E-state index in [1.165, 1.54) is 18.2 Å². The maximum Gasteiger partial charge on any atom is 0.260 e. The summed E-state index contributed by atoms with van der Waals surface area (Å²) >= 11 is 5.71. The van der Waals surface area contributed by atoms with Crippen LogP contribution in [0, 0.1) is 5.82 Å². The Hall–Kier alpha value is -2.19. The molecule has 0 saturated carbocycles. The van der Waals surface area contributed by atoms with Gasteiger partial charge < -0.3 is 14.4 Å². The highest BCUT2D eigenvalue weighted by Gasteiger charge is 2.37. The van der Waals surface area contributed by atoms with Gasteiger partial charge in [-0.05, 0) is 18.6 Å². The maximum atomic E-state index is 13.2. The van der Waals surface area contributed by atoms with Crippen molar-refractivity contribution in [2.45, 2.75) is 25.2 Å². The number of likely N-dealkylation sites (tertiary alicyclic amines) is 1. The lowest BCUT2D eigenvalue weighted by Gasteiger charge is -2.40. The van der Waals surface area contributed by atoms with Crippen LogP contribution < -0.4 is 4.74 Å². The van der Waals surface area contributed by atoms with E-state index in [1.54, 1.807) is 11.1 Å². The zero-order valence-corrected chi connectivity index (χ0v) is 14.0. The van der Waals surface area contributed by atoms with Crippen molar-refractivity contribution in [3.63, 3.8) is 0 Å². The molecule has 2 aromatic rings. The van der Waals surface area contributed by atoms with E-state index in [1.807, 2.05) is 4.68 Å². The molecule has 1 amide bonds. The van der Waals surface area contributed by atoms with Gasteiger partial charge in [0.15, 0.2) is 6.61 Å². The molecule has 0 unspecified atom stereocenters. The molecule has 3 heterocycles. The SMILES string of the molecule is O=C(COc1ccc(F)c(Cl)c1)N1CC[C@H]2OCc3cnnn3[C@@H]2C1. The number of hydrogen-bond donors (Lipinski definition) is 0. The van der Waals surface area contributed by atoms with E-state index in [-0.39, 0.29) is 29.7 Å². The van der Waals surface area contributed by atoms with Crippen LogP contribution in [0.25, 0.3) is 0 Å². The molecule has 1 fully saturated rings. The lowest BCUT2D eigenvalue weighted by atomic mass is 10.0. The van der Waals surface area contributed by atoms with Crippen LogP contribution in [0.5, 0.6) is 5.75 Å². The number of piperidine rings is 1. The Labute approximate surface area is 148 Å². The Kier molecular flexibility index (Phi) is 4.30. The molecule has 0 aliphatic carbocycles. The summed E-state index contributed by atoms with van der Waals surface area (Å²) in [6.45, 7) is 1.45. The van der Waals surface area contributed by atoms with Gasteiger partial charge in [-0.3, -0.25) is 4.79 Å². The van der Waals surface area contributed by atoms with E-state index in [4.69, 9.17) is 21.1 Å². The maximum absolute atomic E-state index is 13.2. The molecule has 2 aliphatic heterocycles. The highest BCUT2D eigenvalue weighted by atomic mass is 35.5. The summed E-state index contributed by atoms with van der Waals surface area (Å²) in [7, 11) is 0. The first-order chi connectivity index (χ1) is 12.1. The van der Waals surface area contributed by atoms with Crippen molar-refractivity contribution < 1.29 is 18.7 Å². The fraction of sp³-hybridized carbons (Fsp3) is 0.438. The van der Waals surface area contributed by atoms with Crippen LogP contribution in [0.2, 0.25) is 5.02 Å². The molecular formula is C16H16ClFN4O3. The summed E-state index contributed by atoms with van der Waals surface area (Å²) in [4.78, 5) is 14.2. The number of carbonyl (C=O) groups is 1. The van der Waals surface area contributed by atoms with Crippen molar-refractivity contribution >= 4 is 17.5 Å². The summed E-state index contributed by atoms with van der Waals surface area (Å²) < 4.78 is 26.3. The minimum Gasteiger partial charge on any atom is -0.484 e. The molecule has 4 rings (SSSR count). The highest BCUT2D eigenvalue weighted by Crippen LogP contribution is 2.30. The minimum atomic E-state index is -0.525. The Morgan fingerprint density at radius 1 is 1.48 bits per heavy atom. The van der Waals surface area contributed by atoms with Crippen molar-refractivity contribution in [3.05, 3.63) is 40.9 Å². The van der Waals surface area contributed by atoms with Crippen LogP contribution in [-0.4, -0.2) is 51.6 Å². The number of fused-ring (bicyclic) bond motifs is 3. The fourth-order valence-electron chi connectivity index (χ4n) is 3.21. The van der Waals surface area contributed by atoms with Crippen LogP contribution in [0.4, 0.5) is 4.39 Å². The number of hydrogen-bond acceptors (Lipinski definition) is 5. The second-order valence-corrected chi connectivity index (χ2v) is 6.49. The first-order valence-electron chi connectivity index (χ1n) is 7.98. The Balaban J connectivity index is 1.39. The zero-order valence-electron chi connectivity index (χ0n) is 13.3. The van der Waals surface area contributed by atoms with Crippen LogP contribution in [-0.2, 0) is 16.1 Å². The van der Waals surface area contributed by atoms with Gasteiger partial charge >= 0.3 is 0 Å². The summed E-state index contributed by atoms with van der Waals surface area (Å²) in [6.07, 6.45) is 2.45. The van der Waals surface area contributed by atoms with Gasteiger partial charge in [0, 0.05) is 19.2 Å². The summed E-state index contributed by atoms with van der Waals surface area (Å²) in [5.41, 5.74) is 0.910. The van der Waals surface area contributed by atoms with Crippen LogP contribution in [0.3, 0.4) is 0 Å². The van der Waals surface area contributed by atoms with Gasteiger partial charge in [0.25, 0.3) is 5.91 Å². The third kappa shape index (κ3) is 3.19. The smallest absolute Gasteiger partial charge is 0.260 e. The second kappa shape index (κ2) is 6.61. The molecule has 2 aliphatic rings. The quantitative estimate of drug-likeness (QED) is 0.828. The first-order valence-corrected chi connectivity index (χ1v) is 8.36. The van der Waals surface area contributed by atoms with Gasteiger partial charge in [0.05, 0.1) is 35.7 Å². The zero-order chi connectivity index (χ0) is 17.4. The van der Waals surface area contributed by atoms with E-state index in [2.05, 4.69) is 10.3 Å². The molecular weight excluding hydrogens is 351 g/mol. The van der Waals surface area contributed by atoms with Gasteiger partial charge in [-0.2, -0.15) is 0 Å². The summed E-state index contributed by atoms with van der Waals surface area (Å²) in [6, 6.07) is 3.97. The van der Waals surface area contributed by atoms with Crippen molar-refractivity contribution in [2.24, 2.45) is 0 Å². The van der Waals surface area contributed by atoms with Crippen LogP contribution in [0.1, 0.15) is 18.2 Å². The molecule has 0 bridgehead atoms. The van der Waals surface area contributed by atoms with E-state index in [0.717, 1.165) is 12.1 Å². The van der Waals surface area contributed by atoms with Crippen LogP contribution >= 0.6 is 11.6 Å². The number of halogens is 2. The van der Waals surface area contributed by atoms with Crippen molar-refractivity contribution in [1.82, 2.24) is 19.9 Å². The van der Waals surface area contributed by atoms with Crippen LogP contribution in [0.15, 0.2) is 24.4 Å². The average Bonchev–Trinajstić information content (AvgIpc) is 3.11. The van der Waals surface area contributed by atoms with Gasteiger partial charge in [-0.25, -0.2) is 9.07 Å². The van der Waals surface area contributed by atoms with Crippen molar-refractivity contribution in [3.8, 4) is 5.75 Å². The normalized spacial score (nSPS) is 22.2. The molecule has 132 valence electrons. The number of carbonyl (C=O) groups excluding carboxylic acids is 1. The minimum absolute atomic E-state index is 0.0371. The van der Waals surface area contributed by atoms with Gasteiger partial charge in [-0.1, -0.05) is 16.8 Å². The number of rotatable bonds is 3. The molecule has 0 spiro atoms. The molecule has 25 heavy (non-hydrogen) atoms. The number of nitrogens with zero attached hydrogens (tertiary/aromatic N) is 4. The first kappa shape index (κ1) is 16.3. The molecule has 2 atom stereocenters. The number of benzene rings is 1. The van der Waals surface area contributed by atoms with E-state index < -0.39 is 5.82 Å². The Morgan fingerprint density at radius 3 is 3.20 bits per heavy atom. The van der Waals surface area contributed by atoms with Crippen molar-refractivity contribution in [1.29, 1.82) is 0 Å². The van der Waals surface area contributed by atoms with Gasteiger partial charge in [0.2, 0.25) is 0 Å². The number of aromatic nitrogens is 3. The third-order valence-corrected chi connectivity index (χ3v) is 4.82. The van der Waals surface area contributed by atoms with Gasteiger partial charge in [0.1, 0.15) is 11.6 Å². The average molecular weight is 367 g/mol. The van der Waals surface area contributed by atoms with E-state index in [9.17, 15) is 9.18 Å². The molecule has 9 heteroatoms. The third-order valence-electron chi connectivity index (χ3n) is 4.53. The second-order valence-electron chi connectivity index (χ2n) is 6.08.